The second kappa shape index (κ2) is 10.7. The molecule has 1 N–H and O–H groups in total. The fraction of sp³-hybridized carbons (Fsp3) is 0.387. The van der Waals surface area contributed by atoms with E-state index in [2.05, 4.69) is 31.3 Å². The van der Waals surface area contributed by atoms with Crippen LogP contribution in [0.25, 0.3) is 17.0 Å². The number of amides is 2. The van der Waals surface area contributed by atoms with Crippen LogP contribution in [-0.2, 0) is 22.6 Å². The highest BCUT2D eigenvalue weighted by molar-refractivity contribution is 7.80. The number of likely N-dealkylation sites (N-methyl/N-ethyl adjacent to an activating group) is 1. The first-order valence-electron chi connectivity index (χ1n) is 13.6. The quantitative estimate of drug-likeness (QED) is 0.321. The van der Waals surface area contributed by atoms with Gasteiger partial charge in [-0.3, -0.25) is 14.5 Å². The first-order valence-corrected chi connectivity index (χ1v) is 14.0. The van der Waals surface area contributed by atoms with Gasteiger partial charge in [0.1, 0.15) is 12.2 Å². The number of carbonyl (C=O) groups is 2. The van der Waals surface area contributed by atoms with E-state index in [1.807, 2.05) is 55.1 Å². The molecule has 6 nitrogen and oxygen atoms in total. The van der Waals surface area contributed by atoms with Crippen molar-refractivity contribution in [3.63, 3.8) is 0 Å². The summed E-state index contributed by atoms with van der Waals surface area (Å²) in [7, 11) is 1.83. The Hall–Kier alpha value is -3.45. The lowest BCUT2D eigenvalue weighted by Gasteiger charge is -2.23. The number of benzene rings is 2. The number of anilines is 1. The minimum Gasteiger partial charge on any atom is -0.352 e. The third-order valence-electron chi connectivity index (χ3n) is 7.98. The van der Waals surface area contributed by atoms with Crippen molar-refractivity contribution in [3.8, 4) is 0 Å². The summed E-state index contributed by atoms with van der Waals surface area (Å²) < 4.78 is 2.04. The molecule has 198 valence electrons. The predicted molar refractivity (Wildman–Crippen MR) is 158 cm³/mol. The van der Waals surface area contributed by atoms with E-state index >= 15 is 0 Å². The molecule has 0 spiro atoms. The van der Waals surface area contributed by atoms with Gasteiger partial charge in [-0.2, -0.15) is 0 Å². The van der Waals surface area contributed by atoms with Crippen LogP contribution in [-0.4, -0.2) is 39.5 Å². The minimum atomic E-state index is -0.150. The molecule has 2 aliphatic rings. The van der Waals surface area contributed by atoms with Crippen LogP contribution in [0.3, 0.4) is 0 Å². The lowest BCUT2D eigenvalue weighted by molar-refractivity contribution is -0.122. The number of nitrogens with zero attached hydrogens (tertiary/aromatic N) is 3. The van der Waals surface area contributed by atoms with Gasteiger partial charge in [-0.25, -0.2) is 0 Å². The van der Waals surface area contributed by atoms with Crippen molar-refractivity contribution in [3.05, 3.63) is 70.5 Å². The van der Waals surface area contributed by atoms with Crippen LogP contribution in [0.15, 0.2) is 48.3 Å². The fourth-order valence-electron chi connectivity index (χ4n) is 5.66. The van der Waals surface area contributed by atoms with Gasteiger partial charge in [-0.1, -0.05) is 50.5 Å². The van der Waals surface area contributed by atoms with Gasteiger partial charge in [0.15, 0.2) is 5.11 Å². The lowest BCUT2D eigenvalue weighted by Crippen LogP contribution is -2.38. The normalized spacial score (nSPS) is 17.7. The zero-order valence-corrected chi connectivity index (χ0v) is 23.5. The van der Waals surface area contributed by atoms with Crippen molar-refractivity contribution in [2.45, 2.75) is 71.9 Å². The summed E-state index contributed by atoms with van der Waals surface area (Å²) in [5.41, 5.74) is 6.69. The van der Waals surface area contributed by atoms with Gasteiger partial charge < -0.3 is 14.8 Å². The summed E-state index contributed by atoms with van der Waals surface area (Å²) in [4.78, 5) is 30.1. The Bertz CT molecular complexity index is 1450. The summed E-state index contributed by atoms with van der Waals surface area (Å²) in [6, 6.07) is 12.4. The number of aromatic nitrogens is 1. The van der Waals surface area contributed by atoms with E-state index in [4.69, 9.17) is 12.2 Å². The zero-order valence-electron chi connectivity index (χ0n) is 22.7. The van der Waals surface area contributed by atoms with Crippen LogP contribution < -0.4 is 10.2 Å². The van der Waals surface area contributed by atoms with Gasteiger partial charge in [0.2, 0.25) is 5.91 Å². The fourth-order valence-corrected chi connectivity index (χ4v) is 5.95. The highest BCUT2D eigenvalue weighted by atomic mass is 32.1. The third-order valence-corrected chi connectivity index (χ3v) is 8.44. The maximum atomic E-state index is 13.7. The second-order valence-electron chi connectivity index (χ2n) is 10.6. The van der Waals surface area contributed by atoms with Crippen LogP contribution in [0, 0.1) is 13.8 Å². The van der Waals surface area contributed by atoms with Crippen molar-refractivity contribution in [2.24, 2.45) is 0 Å². The highest BCUT2D eigenvalue weighted by Gasteiger charge is 2.37. The molecule has 1 saturated heterocycles. The molecular formula is C31H36N4O2S. The largest absolute Gasteiger partial charge is 0.352 e. The first kappa shape index (κ1) is 26.2. The number of hydrogen-bond donors (Lipinski definition) is 1. The molecular weight excluding hydrogens is 492 g/mol. The molecule has 1 aliphatic heterocycles. The second-order valence-corrected chi connectivity index (χ2v) is 10.9. The van der Waals surface area contributed by atoms with Crippen LogP contribution >= 0.6 is 12.2 Å². The Morgan fingerprint density at radius 1 is 1.11 bits per heavy atom. The number of para-hydroxylation sites is 1. The smallest absolute Gasteiger partial charge is 0.281 e. The molecule has 7 heteroatoms. The minimum absolute atomic E-state index is 0.0371. The van der Waals surface area contributed by atoms with Crippen molar-refractivity contribution in [1.29, 1.82) is 0 Å². The zero-order chi connectivity index (χ0) is 27.0. The van der Waals surface area contributed by atoms with Gasteiger partial charge >= 0.3 is 0 Å². The Morgan fingerprint density at radius 2 is 1.87 bits per heavy atom. The number of nitrogens with one attached hydrogen (secondary N) is 1. The number of carbonyl (C=O) groups excluding carboxylic acids is 2. The molecule has 2 aromatic carbocycles. The lowest BCUT2D eigenvalue weighted by atomic mass is 9.95. The molecule has 2 heterocycles. The molecule has 38 heavy (non-hydrogen) atoms. The molecule has 0 unspecified atom stereocenters. The molecule has 0 bridgehead atoms. The maximum Gasteiger partial charge on any atom is 0.281 e. The summed E-state index contributed by atoms with van der Waals surface area (Å²) >= 11 is 5.70. The van der Waals surface area contributed by atoms with Crippen molar-refractivity contribution in [2.75, 3.05) is 11.9 Å². The first-order chi connectivity index (χ1) is 18.3. The number of fused-ring (bicyclic) bond motifs is 1. The van der Waals surface area contributed by atoms with Gasteiger partial charge in [0.05, 0.1) is 11.2 Å². The van der Waals surface area contributed by atoms with E-state index < -0.39 is 0 Å². The monoisotopic (exact) mass is 528 g/mol. The van der Waals surface area contributed by atoms with Gasteiger partial charge in [-0.15, -0.1) is 0 Å². The topological polar surface area (TPSA) is 57.6 Å². The number of thiocarbonyl (C=S) groups is 1. The molecule has 2 amide bonds. The average Bonchev–Trinajstić information content (AvgIpc) is 3.35. The highest BCUT2D eigenvalue weighted by Crippen LogP contribution is 2.32. The van der Waals surface area contributed by atoms with Gasteiger partial charge in [-0.05, 0) is 80.2 Å². The molecule has 0 atom stereocenters. The molecule has 5 rings (SSSR count). The van der Waals surface area contributed by atoms with Crippen LogP contribution in [0.1, 0.15) is 61.3 Å². The van der Waals surface area contributed by atoms with E-state index in [9.17, 15) is 9.59 Å². The summed E-state index contributed by atoms with van der Waals surface area (Å²) in [5.74, 6) is -0.113. The third kappa shape index (κ3) is 4.87. The summed E-state index contributed by atoms with van der Waals surface area (Å²) in [6.45, 7) is 6.47. The van der Waals surface area contributed by atoms with Crippen molar-refractivity contribution in [1.82, 2.24) is 14.8 Å². The number of rotatable bonds is 6. The average molecular weight is 529 g/mol. The van der Waals surface area contributed by atoms with E-state index in [0.29, 0.717) is 10.8 Å². The summed E-state index contributed by atoms with van der Waals surface area (Å²) in [6.07, 6.45) is 10.5. The Labute approximate surface area is 230 Å². The molecule has 0 radical (unpaired) electrons. The van der Waals surface area contributed by atoms with E-state index in [1.165, 1.54) is 30.4 Å². The van der Waals surface area contributed by atoms with Crippen LogP contribution in [0.5, 0.6) is 0 Å². The molecule has 3 aromatic rings. The predicted octanol–water partition coefficient (Wildman–Crippen LogP) is 5.87. The van der Waals surface area contributed by atoms with Gasteiger partial charge in [0, 0.05) is 30.2 Å². The molecule has 2 fully saturated rings. The Morgan fingerprint density at radius 3 is 2.58 bits per heavy atom. The number of aryl methyl sites for hydroxylation is 3. The van der Waals surface area contributed by atoms with E-state index in [-0.39, 0.29) is 24.4 Å². The van der Waals surface area contributed by atoms with E-state index in [1.54, 1.807) is 9.80 Å². The number of hydrogen-bond acceptors (Lipinski definition) is 3. The standard InChI is InChI=1S/C31H36N4O2S/c1-5-22-10-9-13-26-23(18-34(29(22)26)19-28(36)32-24-11-7-6-8-12-24)17-27-30(37)35(31(38)33(27)4)25-15-14-20(2)21(3)16-25/h9-10,13-18,24H,5-8,11-12,19H2,1-4H3,(H,32,36)/b27-17-. The van der Waals surface area contributed by atoms with Crippen molar-refractivity contribution < 1.29 is 9.59 Å². The molecule has 1 aliphatic carbocycles. The van der Waals surface area contributed by atoms with Crippen LogP contribution in [0.4, 0.5) is 5.69 Å². The van der Waals surface area contributed by atoms with Crippen molar-refractivity contribution >= 4 is 51.8 Å². The maximum absolute atomic E-state index is 13.7. The molecule has 1 aromatic heterocycles. The summed E-state index contributed by atoms with van der Waals surface area (Å²) in [5, 5.41) is 4.72. The molecule has 1 saturated carbocycles. The Kier molecular flexibility index (Phi) is 7.39. The van der Waals surface area contributed by atoms with E-state index in [0.717, 1.165) is 47.0 Å². The van der Waals surface area contributed by atoms with Gasteiger partial charge in [0.25, 0.3) is 5.91 Å². The van der Waals surface area contributed by atoms with Crippen LogP contribution in [0.2, 0.25) is 0 Å². The SMILES string of the molecule is CCc1cccc2c(/C=C3/C(=O)N(c4ccc(C)c(C)c4)C(=S)N3C)cn(CC(=O)NC3CCCCC3)c12. The Balaban J connectivity index is 1.50.